The molecule has 0 amide bonds. The Hall–Kier alpha value is -1.07. The van der Waals surface area contributed by atoms with Crippen molar-refractivity contribution in [3.63, 3.8) is 0 Å². The Labute approximate surface area is 153 Å². The maximum absolute atomic E-state index is 12.4. The summed E-state index contributed by atoms with van der Waals surface area (Å²) in [6, 6.07) is 7.61. The molecule has 0 aromatic heterocycles. The molecule has 4 nitrogen and oxygen atoms in total. The van der Waals surface area contributed by atoms with Gasteiger partial charge >= 0.3 is 0 Å². The lowest BCUT2D eigenvalue weighted by molar-refractivity contribution is 0.299. The zero-order valence-corrected chi connectivity index (χ0v) is 16.9. The Morgan fingerprint density at radius 2 is 2.00 bits per heavy atom. The van der Waals surface area contributed by atoms with Gasteiger partial charge in [0, 0.05) is 6.04 Å². The van der Waals surface area contributed by atoms with Gasteiger partial charge in [0.25, 0.3) is 0 Å². The molecular formula is C20H33NO3S. The Bertz CT molecular complexity index is 645. The minimum Gasteiger partial charge on any atom is -0.493 e. The summed E-state index contributed by atoms with van der Waals surface area (Å²) in [6.07, 6.45) is 4.80. The van der Waals surface area contributed by atoms with Gasteiger partial charge in [0.15, 0.2) is 0 Å². The lowest BCUT2D eigenvalue weighted by atomic mass is 9.91. The van der Waals surface area contributed by atoms with E-state index in [0.717, 1.165) is 24.3 Å². The molecule has 1 aliphatic rings. The highest BCUT2D eigenvalue weighted by atomic mass is 32.2. The molecule has 1 aromatic carbocycles. The van der Waals surface area contributed by atoms with Gasteiger partial charge in [-0.05, 0) is 61.1 Å². The molecule has 0 saturated heterocycles. The summed E-state index contributed by atoms with van der Waals surface area (Å²) in [6.45, 7) is 9.16. The van der Waals surface area contributed by atoms with Crippen LogP contribution in [0.3, 0.4) is 0 Å². The smallest absolute Gasteiger partial charge is 0.212 e. The van der Waals surface area contributed by atoms with E-state index < -0.39 is 10.0 Å². The third-order valence-corrected chi connectivity index (χ3v) is 5.98. The summed E-state index contributed by atoms with van der Waals surface area (Å²) in [5, 5.41) is 0. The largest absolute Gasteiger partial charge is 0.493 e. The zero-order valence-electron chi connectivity index (χ0n) is 16.0. The first kappa shape index (κ1) is 20.2. The Morgan fingerprint density at radius 3 is 2.60 bits per heavy atom. The Kier molecular flexibility index (Phi) is 6.92. The molecular weight excluding hydrogens is 334 g/mol. The number of hydrogen-bond donors (Lipinski definition) is 1. The molecule has 142 valence electrons. The third kappa shape index (κ3) is 7.78. The summed E-state index contributed by atoms with van der Waals surface area (Å²) in [5.74, 6) is 1.71. The average Bonchev–Trinajstić information content (AvgIpc) is 3.34. The minimum atomic E-state index is -3.28. The van der Waals surface area contributed by atoms with Crippen molar-refractivity contribution in [1.29, 1.82) is 0 Å². The molecule has 2 rings (SSSR count). The molecule has 0 radical (unpaired) electrons. The van der Waals surface area contributed by atoms with E-state index in [-0.39, 0.29) is 17.2 Å². The normalized spacial score (nSPS) is 16.6. The summed E-state index contributed by atoms with van der Waals surface area (Å²) in [4.78, 5) is 0. The van der Waals surface area contributed by atoms with Crippen molar-refractivity contribution in [3.05, 3.63) is 29.8 Å². The van der Waals surface area contributed by atoms with E-state index in [0.29, 0.717) is 18.8 Å². The topological polar surface area (TPSA) is 55.4 Å². The van der Waals surface area contributed by atoms with E-state index in [1.165, 1.54) is 12.8 Å². The fourth-order valence-electron chi connectivity index (χ4n) is 2.77. The van der Waals surface area contributed by atoms with Crippen molar-refractivity contribution in [2.75, 3.05) is 12.4 Å². The Morgan fingerprint density at radius 1 is 1.28 bits per heavy atom. The van der Waals surface area contributed by atoms with E-state index in [9.17, 15) is 8.42 Å². The molecule has 25 heavy (non-hydrogen) atoms. The second-order valence-electron chi connectivity index (χ2n) is 8.39. The van der Waals surface area contributed by atoms with Crippen LogP contribution in [-0.2, 0) is 10.0 Å². The van der Waals surface area contributed by atoms with Crippen LogP contribution in [0.15, 0.2) is 24.3 Å². The number of rotatable bonds is 10. The van der Waals surface area contributed by atoms with Crippen molar-refractivity contribution in [2.24, 2.45) is 11.3 Å². The van der Waals surface area contributed by atoms with Gasteiger partial charge in [-0.25, -0.2) is 13.1 Å². The molecule has 0 heterocycles. The first-order valence-electron chi connectivity index (χ1n) is 9.41. The highest BCUT2D eigenvalue weighted by molar-refractivity contribution is 7.89. The minimum absolute atomic E-state index is 0.160. The monoisotopic (exact) mass is 367 g/mol. The van der Waals surface area contributed by atoms with Gasteiger partial charge in [-0.3, -0.25) is 0 Å². The van der Waals surface area contributed by atoms with Gasteiger partial charge in [-0.2, -0.15) is 0 Å². The summed E-state index contributed by atoms with van der Waals surface area (Å²) >= 11 is 0. The van der Waals surface area contributed by atoms with Gasteiger partial charge in [0.2, 0.25) is 10.0 Å². The third-order valence-electron chi connectivity index (χ3n) is 4.51. The second kappa shape index (κ2) is 8.54. The van der Waals surface area contributed by atoms with Crippen molar-refractivity contribution in [3.8, 4) is 5.75 Å². The van der Waals surface area contributed by atoms with Crippen molar-refractivity contribution >= 4 is 10.0 Å². The van der Waals surface area contributed by atoms with Gasteiger partial charge in [-0.15, -0.1) is 0 Å². The lowest BCUT2D eigenvalue weighted by Crippen LogP contribution is -2.30. The Balaban J connectivity index is 1.94. The molecule has 1 N–H and O–H groups in total. The van der Waals surface area contributed by atoms with Crippen LogP contribution < -0.4 is 9.46 Å². The van der Waals surface area contributed by atoms with Crippen LogP contribution in [0.5, 0.6) is 5.75 Å². The number of nitrogens with one attached hydrogen (secondary N) is 1. The first-order chi connectivity index (χ1) is 11.7. The van der Waals surface area contributed by atoms with E-state index >= 15 is 0 Å². The molecule has 0 unspecified atom stereocenters. The second-order valence-corrected chi connectivity index (χ2v) is 10.3. The van der Waals surface area contributed by atoms with Gasteiger partial charge in [0.05, 0.1) is 12.4 Å². The molecule has 0 aliphatic heterocycles. The maximum atomic E-state index is 12.4. The SMILES string of the molecule is CC[C@@H](NS(=O)(=O)CCCC(C)(C)C)c1cccc(OCC2CC2)c1. The molecule has 0 spiro atoms. The number of benzene rings is 1. The van der Waals surface area contributed by atoms with Crippen molar-refractivity contribution in [2.45, 2.75) is 65.8 Å². The van der Waals surface area contributed by atoms with E-state index in [4.69, 9.17) is 4.74 Å². The highest BCUT2D eigenvalue weighted by Crippen LogP contribution is 2.30. The van der Waals surface area contributed by atoms with E-state index in [1.54, 1.807) is 0 Å². The van der Waals surface area contributed by atoms with Crippen LogP contribution in [0, 0.1) is 11.3 Å². The van der Waals surface area contributed by atoms with Crippen LogP contribution in [0.1, 0.15) is 71.4 Å². The molecule has 1 aromatic rings. The zero-order chi connectivity index (χ0) is 18.5. The van der Waals surface area contributed by atoms with Crippen LogP contribution >= 0.6 is 0 Å². The van der Waals surface area contributed by atoms with E-state index in [1.807, 2.05) is 31.2 Å². The average molecular weight is 368 g/mol. The van der Waals surface area contributed by atoms with Crippen LogP contribution in [0.2, 0.25) is 0 Å². The van der Waals surface area contributed by atoms with Crippen molar-refractivity contribution in [1.82, 2.24) is 4.72 Å². The van der Waals surface area contributed by atoms with Gasteiger partial charge in [-0.1, -0.05) is 39.8 Å². The van der Waals surface area contributed by atoms with Gasteiger partial charge in [0.1, 0.15) is 5.75 Å². The van der Waals surface area contributed by atoms with E-state index in [2.05, 4.69) is 25.5 Å². The lowest BCUT2D eigenvalue weighted by Gasteiger charge is -2.20. The molecule has 5 heteroatoms. The maximum Gasteiger partial charge on any atom is 0.212 e. The number of sulfonamides is 1. The highest BCUT2D eigenvalue weighted by Gasteiger charge is 2.23. The van der Waals surface area contributed by atoms with Crippen LogP contribution in [0.25, 0.3) is 0 Å². The standard InChI is InChI=1S/C20H33NO3S/c1-5-19(21-25(22,23)13-7-12-20(2,3)4)17-8-6-9-18(14-17)24-15-16-10-11-16/h6,8-9,14,16,19,21H,5,7,10-13,15H2,1-4H3/t19-/m1/s1. The summed E-state index contributed by atoms with van der Waals surface area (Å²) in [7, 11) is -3.28. The number of ether oxygens (including phenoxy) is 1. The predicted octanol–water partition coefficient (Wildman–Crippen LogP) is 4.67. The predicted molar refractivity (Wildman–Crippen MR) is 103 cm³/mol. The summed E-state index contributed by atoms with van der Waals surface area (Å²) < 4.78 is 33.5. The molecule has 1 saturated carbocycles. The number of hydrogen-bond acceptors (Lipinski definition) is 3. The van der Waals surface area contributed by atoms with Crippen molar-refractivity contribution < 1.29 is 13.2 Å². The fraction of sp³-hybridized carbons (Fsp3) is 0.700. The molecule has 1 atom stereocenters. The molecule has 0 bridgehead atoms. The van der Waals surface area contributed by atoms with Gasteiger partial charge < -0.3 is 4.74 Å². The van der Waals surface area contributed by atoms with Crippen LogP contribution in [0.4, 0.5) is 0 Å². The van der Waals surface area contributed by atoms with Crippen LogP contribution in [-0.4, -0.2) is 20.8 Å². The summed E-state index contributed by atoms with van der Waals surface area (Å²) in [5.41, 5.74) is 1.13. The quantitative estimate of drug-likeness (QED) is 0.654. The first-order valence-corrected chi connectivity index (χ1v) is 11.1. The molecule has 1 aliphatic carbocycles. The molecule has 1 fully saturated rings. The fourth-order valence-corrected chi connectivity index (χ4v) is 4.15.